The van der Waals surface area contributed by atoms with Gasteiger partial charge in [0.1, 0.15) is 23.1 Å². The summed E-state index contributed by atoms with van der Waals surface area (Å²) in [4.78, 5) is 29.8. The molecule has 2 unspecified atom stereocenters. The van der Waals surface area contributed by atoms with Gasteiger partial charge in [-0.3, -0.25) is 4.79 Å². The van der Waals surface area contributed by atoms with Crippen LogP contribution in [0.3, 0.4) is 0 Å². The van der Waals surface area contributed by atoms with E-state index in [1.807, 2.05) is 0 Å². The molecule has 13 heteroatoms. The molecule has 11 nitrogen and oxygen atoms in total. The second-order valence-corrected chi connectivity index (χ2v) is 10.0. The first kappa shape index (κ1) is 24.8. The number of methoxy groups -OCH3 is 1. The zero-order valence-corrected chi connectivity index (χ0v) is 19.6. The van der Waals surface area contributed by atoms with E-state index in [0.717, 1.165) is 10.5 Å². The zero-order valence-electron chi connectivity index (χ0n) is 18.8. The van der Waals surface area contributed by atoms with Crippen LogP contribution in [-0.2, 0) is 24.3 Å². The number of ether oxygens (including phenoxy) is 3. The molecule has 1 N–H and O–H groups in total. The normalized spacial score (nSPS) is 22.1. The van der Waals surface area contributed by atoms with Crippen molar-refractivity contribution >= 4 is 22.1 Å². The highest BCUT2D eigenvalue weighted by Crippen LogP contribution is 2.43. The third-order valence-electron chi connectivity index (χ3n) is 6.00. The predicted molar refractivity (Wildman–Crippen MR) is 118 cm³/mol. The maximum absolute atomic E-state index is 13.5. The largest absolute Gasteiger partial charge is 0.480 e. The van der Waals surface area contributed by atoms with Crippen LogP contribution >= 0.6 is 0 Å². The number of piperazine rings is 1. The van der Waals surface area contributed by atoms with Crippen LogP contribution in [0.5, 0.6) is 11.6 Å². The van der Waals surface area contributed by atoms with Gasteiger partial charge in [0, 0.05) is 25.8 Å². The van der Waals surface area contributed by atoms with E-state index in [1.165, 1.54) is 48.4 Å². The minimum Gasteiger partial charge on any atom is -0.480 e. The second kappa shape index (κ2) is 9.76. The standard InChI is InChI=1S/C22H24FN3O8S/c1-32-10-11-33-21(29)25-13-16-8-9-22(14-25,20(27)28)26(16)35(30,31)18-6-7-19(24-12-18)34-17-4-2-15(23)3-5-17/h2-7,12,16H,8-11,13-14H2,1H3,(H,27,28). The molecule has 2 atom stereocenters. The number of rotatable bonds is 8. The van der Waals surface area contributed by atoms with Crippen molar-refractivity contribution in [2.75, 3.05) is 33.4 Å². The Morgan fingerprint density at radius 1 is 1.20 bits per heavy atom. The summed E-state index contributed by atoms with van der Waals surface area (Å²) in [6, 6.07) is 7.07. The van der Waals surface area contributed by atoms with E-state index in [-0.39, 0.29) is 49.9 Å². The molecular weight excluding hydrogens is 485 g/mol. The van der Waals surface area contributed by atoms with Crippen molar-refractivity contribution in [3.05, 3.63) is 48.4 Å². The van der Waals surface area contributed by atoms with Crippen molar-refractivity contribution in [1.29, 1.82) is 0 Å². The van der Waals surface area contributed by atoms with Gasteiger partial charge >= 0.3 is 12.1 Å². The molecule has 188 valence electrons. The highest BCUT2D eigenvalue weighted by Gasteiger charge is 2.62. The van der Waals surface area contributed by atoms with Crippen LogP contribution in [0.4, 0.5) is 9.18 Å². The fourth-order valence-electron chi connectivity index (χ4n) is 4.39. The first-order valence-electron chi connectivity index (χ1n) is 10.8. The minimum absolute atomic E-state index is 0.000729. The number of carboxylic acids is 1. The molecule has 1 aromatic heterocycles. The number of fused-ring (bicyclic) bond motifs is 2. The summed E-state index contributed by atoms with van der Waals surface area (Å²) in [5, 5.41) is 10.1. The topological polar surface area (TPSA) is 136 Å². The van der Waals surface area contributed by atoms with E-state index in [1.54, 1.807) is 0 Å². The van der Waals surface area contributed by atoms with Crippen molar-refractivity contribution < 1.29 is 41.7 Å². The van der Waals surface area contributed by atoms with Gasteiger partial charge < -0.3 is 24.2 Å². The van der Waals surface area contributed by atoms with Crippen LogP contribution in [0.15, 0.2) is 47.5 Å². The number of halogens is 1. The second-order valence-electron chi connectivity index (χ2n) is 8.21. The number of pyridine rings is 1. The molecule has 2 aliphatic heterocycles. The highest BCUT2D eigenvalue weighted by atomic mass is 32.2. The smallest absolute Gasteiger partial charge is 0.409 e. The number of sulfonamides is 1. The summed E-state index contributed by atoms with van der Waals surface area (Å²) in [6.45, 7) is -0.166. The molecular formula is C22H24FN3O8S. The molecule has 1 amide bonds. The average Bonchev–Trinajstić information content (AvgIpc) is 3.09. The lowest BCUT2D eigenvalue weighted by atomic mass is 9.97. The van der Waals surface area contributed by atoms with Crippen LogP contribution in [0.1, 0.15) is 12.8 Å². The number of hydrogen-bond donors (Lipinski definition) is 1. The Kier molecular flexibility index (Phi) is 6.92. The molecule has 0 saturated carbocycles. The third kappa shape index (κ3) is 4.79. The average molecular weight is 510 g/mol. The summed E-state index contributed by atoms with van der Waals surface area (Å²) in [5.41, 5.74) is -1.83. The highest BCUT2D eigenvalue weighted by molar-refractivity contribution is 7.89. The lowest BCUT2D eigenvalue weighted by Gasteiger charge is -2.44. The van der Waals surface area contributed by atoms with Crippen molar-refractivity contribution in [2.45, 2.75) is 29.3 Å². The van der Waals surface area contributed by atoms with Crippen molar-refractivity contribution in [1.82, 2.24) is 14.2 Å². The van der Waals surface area contributed by atoms with E-state index in [9.17, 15) is 27.5 Å². The van der Waals surface area contributed by atoms with Gasteiger partial charge in [-0.1, -0.05) is 0 Å². The van der Waals surface area contributed by atoms with E-state index in [2.05, 4.69) is 4.98 Å². The van der Waals surface area contributed by atoms with E-state index < -0.39 is 39.5 Å². The number of carbonyl (C=O) groups excluding carboxylic acids is 1. The number of hydrogen-bond acceptors (Lipinski definition) is 8. The van der Waals surface area contributed by atoms with Crippen molar-refractivity contribution in [2.24, 2.45) is 0 Å². The van der Waals surface area contributed by atoms with Gasteiger partial charge in [-0.15, -0.1) is 0 Å². The summed E-state index contributed by atoms with van der Waals surface area (Å²) in [6.07, 6.45) is 0.676. The third-order valence-corrected chi connectivity index (χ3v) is 8.00. The number of aliphatic carboxylic acids is 1. The Morgan fingerprint density at radius 2 is 1.94 bits per heavy atom. The Labute approximate surface area is 201 Å². The number of carboxylic acid groups (broad SMARTS) is 1. The van der Waals surface area contributed by atoms with Gasteiger partial charge in [-0.25, -0.2) is 22.6 Å². The Bertz CT molecular complexity index is 1190. The molecule has 0 radical (unpaired) electrons. The summed E-state index contributed by atoms with van der Waals surface area (Å²) < 4.78 is 56.6. The van der Waals surface area contributed by atoms with Crippen LogP contribution < -0.4 is 4.74 Å². The Balaban J connectivity index is 1.55. The fraction of sp³-hybridized carbons (Fsp3) is 0.409. The molecule has 35 heavy (non-hydrogen) atoms. The van der Waals surface area contributed by atoms with Crippen molar-refractivity contribution in [3.63, 3.8) is 0 Å². The van der Waals surface area contributed by atoms with Gasteiger partial charge in [0.05, 0.1) is 19.3 Å². The van der Waals surface area contributed by atoms with Crippen LogP contribution in [0.2, 0.25) is 0 Å². The van der Waals surface area contributed by atoms with E-state index in [4.69, 9.17) is 14.2 Å². The monoisotopic (exact) mass is 509 g/mol. The molecule has 2 bridgehead atoms. The number of likely N-dealkylation sites (tertiary alicyclic amines) is 1. The van der Waals surface area contributed by atoms with Gasteiger partial charge in [0.2, 0.25) is 15.9 Å². The summed E-state index contributed by atoms with van der Waals surface area (Å²) in [5.74, 6) is -1.39. The molecule has 2 aliphatic rings. The quantitative estimate of drug-likeness (QED) is 0.531. The first-order chi connectivity index (χ1) is 16.7. The lowest BCUT2D eigenvalue weighted by Crippen LogP contribution is -2.67. The van der Waals surface area contributed by atoms with Gasteiger partial charge in [0.25, 0.3) is 0 Å². The lowest BCUT2D eigenvalue weighted by molar-refractivity contribution is -0.150. The van der Waals surface area contributed by atoms with Gasteiger partial charge in [-0.2, -0.15) is 4.31 Å². The molecule has 3 heterocycles. The van der Waals surface area contributed by atoms with Crippen LogP contribution in [0.25, 0.3) is 0 Å². The molecule has 0 spiro atoms. The Hall–Kier alpha value is -3.29. The van der Waals surface area contributed by atoms with Crippen LogP contribution in [-0.4, -0.2) is 84.8 Å². The molecule has 2 aromatic rings. The molecule has 2 fully saturated rings. The molecule has 2 saturated heterocycles. The summed E-state index contributed by atoms with van der Waals surface area (Å²) in [7, 11) is -2.83. The minimum atomic E-state index is -4.28. The number of aromatic nitrogens is 1. The Morgan fingerprint density at radius 3 is 2.57 bits per heavy atom. The zero-order chi connectivity index (χ0) is 25.2. The number of benzene rings is 1. The SMILES string of the molecule is COCCOC(=O)N1CC2CCC(C(=O)O)(C1)N2S(=O)(=O)c1ccc(Oc2ccc(F)cc2)nc1. The molecule has 1 aromatic carbocycles. The molecule has 4 rings (SSSR count). The van der Waals surface area contributed by atoms with E-state index in [0.29, 0.717) is 5.75 Å². The van der Waals surface area contributed by atoms with Gasteiger partial charge in [0.15, 0.2) is 5.54 Å². The summed E-state index contributed by atoms with van der Waals surface area (Å²) >= 11 is 0. The maximum atomic E-state index is 13.5. The van der Waals surface area contributed by atoms with E-state index >= 15 is 0 Å². The maximum Gasteiger partial charge on any atom is 0.409 e. The number of amides is 1. The number of nitrogens with zero attached hydrogens (tertiary/aromatic N) is 3. The van der Waals surface area contributed by atoms with Gasteiger partial charge in [-0.05, 0) is 43.2 Å². The van der Waals surface area contributed by atoms with Crippen LogP contribution in [0, 0.1) is 5.82 Å². The first-order valence-corrected chi connectivity index (χ1v) is 12.2. The predicted octanol–water partition coefficient (Wildman–Crippen LogP) is 2.09. The fourth-order valence-corrected chi connectivity index (χ4v) is 6.29. The van der Waals surface area contributed by atoms with Crippen molar-refractivity contribution in [3.8, 4) is 11.6 Å². The molecule has 0 aliphatic carbocycles. The number of carbonyl (C=O) groups is 2.